The third-order valence-electron chi connectivity index (χ3n) is 4.86. The zero-order valence-corrected chi connectivity index (χ0v) is 20.8. The van der Waals surface area contributed by atoms with Crippen LogP contribution in [-0.2, 0) is 25.8 Å². The van der Waals surface area contributed by atoms with E-state index in [1.165, 1.54) is 43.3 Å². The van der Waals surface area contributed by atoms with E-state index in [9.17, 15) is 0 Å². The molecular weight excluding hydrogens is 522 g/mol. The third kappa shape index (κ3) is 4.77. The molecule has 5 aromatic rings. The molecule has 0 saturated heterocycles. The molecule has 1 unspecified atom stereocenters. The van der Waals surface area contributed by atoms with Crippen molar-refractivity contribution in [3.8, 4) is 0 Å². The van der Waals surface area contributed by atoms with E-state index in [1.807, 2.05) is 0 Å². The fraction of sp³-hybridized carbons (Fsp3) is 0.0769. The molecule has 0 spiro atoms. The first kappa shape index (κ1) is 20.9. The van der Waals surface area contributed by atoms with Gasteiger partial charge in [0.2, 0.25) is 0 Å². The second-order valence-corrected chi connectivity index (χ2v) is 8.26. The average Bonchev–Trinajstić information content (AvgIpc) is 3.27. The van der Waals surface area contributed by atoms with Gasteiger partial charge in [0.15, 0.2) is 0 Å². The molecule has 0 heterocycles. The van der Waals surface area contributed by atoms with Crippen LogP contribution in [0, 0.1) is 13.8 Å². The van der Waals surface area contributed by atoms with Crippen molar-refractivity contribution in [1.29, 1.82) is 0 Å². The van der Waals surface area contributed by atoms with E-state index in [1.54, 1.807) is 0 Å². The van der Waals surface area contributed by atoms with Gasteiger partial charge < -0.3 is 0 Å². The van der Waals surface area contributed by atoms with E-state index in [0.717, 1.165) is 8.58 Å². The zero-order valence-electron chi connectivity index (χ0n) is 16.2. The van der Waals surface area contributed by atoms with Gasteiger partial charge in [0.25, 0.3) is 0 Å². The quantitative estimate of drug-likeness (QED) is 0.138. The van der Waals surface area contributed by atoms with Gasteiger partial charge in [0.1, 0.15) is 0 Å². The second kappa shape index (κ2) is 9.59. The number of hydrogen-bond donors (Lipinski definition) is 0. The SMILES string of the molecule is Cc1cc2ccccc2[cH-]1.Cc1ccccc1P[c-]1ccc2ccccc21.[Hf]. The van der Waals surface area contributed by atoms with Crippen molar-refractivity contribution >= 4 is 40.7 Å². The molecule has 0 aliphatic heterocycles. The van der Waals surface area contributed by atoms with Gasteiger partial charge in [0, 0.05) is 25.8 Å². The number of aryl methyl sites for hydroxylation is 2. The number of rotatable bonds is 2. The molecule has 5 rings (SSSR count). The Hall–Kier alpha value is -1.82. The minimum absolute atomic E-state index is 0. The largest absolute Gasteiger partial charge is 0.168 e. The van der Waals surface area contributed by atoms with E-state index < -0.39 is 0 Å². The minimum atomic E-state index is 0. The predicted molar refractivity (Wildman–Crippen MR) is 123 cm³/mol. The van der Waals surface area contributed by atoms with Crippen LogP contribution < -0.4 is 10.6 Å². The van der Waals surface area contributed by atoms with E-state index in [0.29, 0.717) is 0 Å². The molecular formula is C26H23HfP-2. The van der Waals surface area contributed by atoms with Crippen LogP contribution >= 0.6 is 8.58 Å². The van der Waals surface area contributed by atoms with Crippen molar-refractivity contribution in [3.05, 3.63) is 108 Å². The standard InChI is InChI=1S/C16H14P.C10H9.Hf/c1-12-6-2-5-9-15(12)17-16-11-10-13-7-3-4-8-14(13)16;1-8-6-9-4-2-3-5-10(9)7-8;/h2-11,17H,1H3;2-7H,1H3;/q2*-1;. The molecule has 0 fully saturated rings. The van der Waals surface area contributed by atoms with Crippen LogP contribution in [0.15, 0.2) is 97.1 Å². The van der Waals surface area contributed by atoms with E-state index in [-0.39, 0.29) is 25.8 Å². The fourth-order valence-electron chi connectivity index (χ4n) is 3.42. The Balaban J connectivity index is 0.000000175. The van der Waals surface area contributed by atoms with Gasteiger partial charge in [-0.25, -0.2) is 0 Å². The first-order valence-corrected chi connectivity index (χ1v) is 10.3. The molecule has 0 aliphatic carbocycles. The molecule has 0 amide bonds. The van der Waals surface area contributed by atoms with Crippen molar-refractivity contribution in [1.82, 2.24) is 0 Å². The Labute approximate surface area is 187 Å². The summed E-state index contributed by atoms with van der Waals surface area (Å²) in [4.78, 5) is 0. The Kier molecular flexibility index (Phi) is 7.16. The molecule has 0 bridgehead atoms. The summed E-state index contributed by atoms with van der Waals surface area (Å²) in [6.07, 6.45) is 0. The molecule has 0 nitrogen and oxygen atoms in total. The van der Waals surface area contributed by atoms with Crippen LogP contribution in [0.1, 0.15) is 11.1 Å². The summed E-state index contributed by atoms with van der Waals surface area (Å²) in [7, 11) is 0.754. The first-order valence-electron chi connectivity index (χ1n) is 9.30. The van der Waals surface area contributed by atoms with Gasteiger partial charge in [-0.15, -0.1) is 89.5 Å². The Morgan fingerprint density at radius 1 is 0.750 bits per heavy atom. The molecule has 0 N–H and O–H groups in total. The predicted octanol–water partition coefficient (Wildman–Crippen LogP) is 6.36. The van der Waals surface area contributed by atoms with Gasteiger partial charge >= 0.3 is 0 Å². The topological polar surface area (TPSA) is 0 Å². The number of hydrogen-bond acceptors (Lipinski definition) is 0. The molecule has 2 heteroatoms. The molecule has 28 heavy (non-hydrogen) atoms. The van der Waals surface area contributed by atoms with Gasteiger partial charge in [-0.1, -0.05) is 43.3 Å². The third-order valence-corrected chi connectivity index (χ3v) is 6.39. The van der Waals surface area contributed by atoms with Crippen LogP contribution in [0.2, 0.25) is 0 Å². The molecule has 0 aliphatic rings. The van der Waals surface area contributed by atoms with E-state index in [4.69, 9.17) is 0 Å². The maximum Gasteiger partial charge on any atom is 0 e. The van der Waals surface area contributed by atoms with E-state index >= 15 is 0 Å². The van der Waals surface area contributed by atoms with Crippen molar-refractivity contribution in [3.63, 3.8) is 0 Å². The molecule has 0 aromatic heterocycles. The Bertz CT molecular complexity index is 1150. The molecule has 138 valence electrons. The number of benzene rings is 3. The van der Waals surface area contributed by atoms with Crippen molar-refractivity contribution in [2.75, 3.05) is 0 Å². The minimum Gasteiger partial charge on any atom is -0.168 e. The average molecular weight is 545 g/mol. The smallest absolute Gasteiger partial charge is 0 e. The maximum atomic E-state index is 2.26. The second-order valence-electron chi connectivity index (χ2n) is 6.94. The van der Waals surface area contributed by atoms with Crippen LogP contribution in [0.25, 0.3) is 21.5 Å². The van der Waals surface area contributed by atoms with Gasteiger partial charge in [-0.3, -0.25) is 0 Å². The van der Waals surface area contributed by atoms with Crippen LogP contribution in [-0.4, -0.2) is 0 Å². The first-order chi connectivity index (χ1) is 13.2. The van der Waals surface area contributed by atoms with Crippen LogP contribution in [0.5, 0.6) is 0 Å². The zero-order chi connectivity index (χ0) is 18.6. The monoisotopic (exact) mass is 546 g/mol. The summed E-state index contributed by atoms with van der Waals surface area (Å²) < 4.78 is 0. The van der Waals surface area contributed by atoms with Crippen LogP contribution in [0.3, 0.4) is 0 Å². The Morgan fingerprint density at radius 2 is 1.43 bits per heavy atom. The van der Waals surface area contributed by atoms with Gasteiger partial charge in [-0.05, 0) is 17.8 Å². The molecule has 0 radical (unpaired) electrons. The molecule has 1 atom stereocenters. The summed E-state index contributed by atoms with van der Waals surface area (Å²) in [5.41, 5.74) is 2.73. The Morgan fingerprint density at radius 3 is 2.21 bits per heavy atom. The number of fused-ring (bicyclic) bond motifs is 2. The summed E-state index contributed by atoms with van der Waals surface area (Å²) >= 11 is 0. The van der Waals surface area contributed by atoms with Crippen molar-refractivity contribution in [2.45, 2.75) is 13.8 Å². The van der Waals surface area contributed by atoms with Crippen LogP contribution in [0.4, 0.5) is 0 Å². The van der Waals surface area contributed by atoms with Crippen molar-refractivity contribution in [2.24, 2.45) is 0 Å². The molecule has 5 aromatic carbocycles. The van der Waals surface area contributed by atoms with Crippen molar-refractivity contribution < 1.29 is 25.8 Å². The summed E-state index contributed by atoms with van der Waals surface area (Å²) in [5.74, 6) is 0. The fourth-order valence-corrected chi connectivity index (χ4v) is 4.70. The maximum absolute atomic E-state index is 2.26. The normalized spacial score (nSPS) is 10.8. The summed E-state index contributed by atoms with van der Waals surface area (Å²) in [5, 5.41) is 8.34. The van der Waals surface area contributed by atoms with E-state index in [2.05, 4.69) is 111 Å². The molecule has 0 saturated carbocycles. The summed E-state index contributed by atoms with van der Waals surface area (Å²) in [6, 6.07) is 34.6. The summed E-state index contributed by atoms with van der Waals surface area (Å²) in [6.45, 7) is 4.31. The van der Waals surface area contributed by atoms with Gasteiger partial charge in [-0.2, -0.15) is 12.1 Å². The van der Waals surface area contributed by atoms with Gasteiger partial charge in [0.05, 0.1) is 0 Å².